The topological polar surface area (TPSA) is 79.1 Å². The van der Waals surface area contributed by atoms with Crippen LogP contribution in [0.25, 0.3) is 5.76 Å². The summed E-state index contributed by atoms with van der Waals surface area (Å²) in [6, 6.07) is 2.81. The van der Waals surface area contributed by atoms with E-state index in [1.807, 2.05) is 0 Å². The van der Waals surface area contributed by atoms with E-state index in [0.717, 1.165) is 19.1 Å². The van der Waals surface area contributed by atoms with E-state index in [9.17, 15) is 23.8 Å². The Morgan fingerprint density at radius 1 is 1.35 bits per heavy atom. The number of hydrogen-bond acceptors (Lipinski definition) is 4. The predicted octanol–water partition coefficient (Wildman–Crippen LogP) is 4.40. The van der Waals surface area contributed by atoms with Gasteiger partial charge in [0.25, 0.3) is 0 Å². The number of aliphatic carboxylic acids is 1. The van der Waals surface area contributed by atoms with Crippen molar-refractivity contribution in [2.45, 2.75) is 25.5 Å². The minimum atomic E-state index is -3.07. The van der Waals surface area contributed by atoms with E-state index in [1.54, 1.807) is 0 Å². The molecule has 124 valence electrons. The zero-order valence-electron chi connectivity index (χ0n) is 11.5. The monoisotopic (exact) mass is 453 g/mol. The van der Waals surface area contributed by atoms with Crippen LogP contribution in [0.4, 0.5) is 8.78 Å². The maximum Gasteiger partial charge on any atom is 0.387 e. The minimum Gasteiger partial charge on any atom is -0.506 e. The number of halogens is 4. The van der Waals surface area contributed by atoms with Gasteiger partial charge in [-0.05, 0) is 56.8 Å². The van der Waals surface area contributed by atoms with Gasteiger partial charge in [0.1, 0.15) is 11.3 Å². The first-order valence-electron chi connectivity index (χ1n) is 6.44. The molecule has 0 aromatic heterocycles. The molecule has 23 heavy (non-hydrogen) atoms. The molecule has 1 aromatic carbocycles. The molecule has 0 atom stereocenters. The van der Waals surface area contributed by atoms with Crippen LogP contribution in [-0.2, 0) is 4.79 Å². The molecule has 0 aliphatic heterocycles. The smallest absolute Gasteiger partial charge is 0.387 e. The molecule has 2 N–H and O–H groups in total. The van der Waals surface area contributed by atoms with Gasteiger partial charge in [-0.2, -0.15) is 8.78 Å². The lowest BCUT2D eigenvalue weighted by molar-refractivity contribution is -0.132. The molecule has 1 aromatic rings. The first-order chi connectivity index (χ1) is 10.8. The molecule has 0 unspecified atom stereocenters. The van der Waals surface area contributed by atoms with Gasteiger partial charge in [-0.25, -0.2) is 4.79 Å². The van der Waals surface area contributed by atoms with Crippen LogP contribution in [0.15, 0.2) is 31.6 Å². The molecule has 0 bridgehead atoms. The third-order valence-electron chi connectivity index (χ3n) is 2.96. The van der Waals surface area contributed by atoms with Crippen LogP contribution in [0, 0.1) is 0 Å². The average Bonchev–Trinajstić information content (AvgIpc) is 3.27. The summed E-state index contributed by atoms with van der Waals surface area (Å²) in [4.78, 5) is 15.3. The molecule has 0 heterocycles. The standard InChI is InChI=1S/C14H11Br2F2NO4/c15-9-4-3-7(10(16)12(9)23-14(17)18)11(20)8(13(21)22)5-19-6-1-2-6/h3-6,14,20H,1-2H2,(H,21,22)/b11-8-,19-5?. The van der Waals surface area contributed by atoms with Crippen LogP contribution in [0.3, 0.4) is 0 Å². The van der Waals surface area contributed by atoms with E-state index < -0.39 is 23.9 Å². The van der Waals surface area contributed by atoms with Gasteiger partial charge in [0.05, 0.1) is 15.0 Å². The number of alkyl halides is 2. The van der Waals surface area contributed by atoms with Crippen LogP contribution >= 0.6 is 31.9 Å². The van der Waals surface area contributed by atoms with Crippen molar-refractivity contribution >= 4 is 49.8 Å². The second-order valence-electron chi connectivity index (χ2n) is 4.69. The first-order valence-corrected chi connectivity index (χ1v) is 8.02. The Hall–Kier alpha value is -1.48. The Labute approximate surface area is 146 Å². The summed E-state index contributed by atoms with van der Waals surface area (Å²) in [5.74, 6) is -2.22. The molecule has 0 radical (unpaired) electrons. The number of aliphatic imine (C=N–C) groups is 1. The number of carbonyl (C=O) groups is 1. The van der Waals surface area contributed by atoms with Gasteiger partial charge in [0.15, 0.2) is 5.75 Å². The number of benzene rings is 1. The molecule has 9 heteroatoms. The summed E-state index contributed by atoms with van der Waals surface area (Å²) in [5.41, 5.74) is -0.425. The third kappa shape index (κ3) is 4.51. The second-order valence-corrected chi connectivity index (χ2v) is 6.34. The molecule has 0 saturated heterocycles. The highest BCUT2D eigenvalue weighted by atomic mass is 79.9. The normalized spacial score (nSPS) is 15.9. The highest BCUT2D eigenvalue weighted by Crippen LogP contribution is 2.39. The molecular formula is C14H11Br2F2NO4. The van der Waals surface area contributed by atoms with Gasteiger partial charge in [0.2, 0.25) is 0 Å². The Kier molecular flexibility index (Phi) is 5.74. The van der Waals surface area contributed by atoms with E-state index >= 15 is 0 Å². The van der Waals surface area contributed by atoms with Crippen molar-refractivity contribution in [1.29, 1.82) is 0 Å². The van der Waals surface area contributed by atoms with Crippen LogP contribution in [0.5, 0.6) is 5.75 Å². The number of aliphatic hydroxyl groups excluding tert-OH is 1. The average molecular weight is 455 g/mol. The summed E-state index contributed by atoms with van der Waals surface area (Å²) in [7, 11) is 0. The van der Waals surface area contributed by atoms with Crippen LogP contribution in [-0.4, -0.2) is 35.1 Å². The van der Waals surface area contributed by atoms with Gasteiger partial charge in [-0.3, -0.25) is 4.99 Å². The van der Waals surface area contributed by atoms with E-state index in [1.165, 1.54) is 12.1 Å². The fourth-order valence-corrected chi connectivity index (χ4v) is 3.00. The molecule has 2 rings (SSSR count). The Bertz CT molecular complexity index is 688. The summed E-state index contributed by atoms with van der Waals surface area (Å²) in [6.07, 6.45) is 2.83. The van der Waals surface area contributed by atoms with Gasteiger partial charge in [-0.1, -0.05) is 0 Å². The molecule has 1 aliphatic rings. The second kappa shape index (κ2) is 7.39. The predicted molar refractivity (Wildman–Crippen MR) is 87.2 cm³/mol. The Morgan fingerprint density at radius 2 is 2.00 bits per heavy atom. The zero-order chi connectivity index (χ0) is 17.1. The molecule has 0 amide bonds. The van der Waals surface area contributed by atoms with Crippen LogP contribution in [0.2, 0.25) is 0 Å². The number of nitrogens with zero attached hydrogens (tertiary/aromatic N) is 1. The number of rotatable bonds is 6. The third-order valence-corrected chi connectivity index (χ3v) is 4.37. The van der Waals surface area contributed by atoms with Crippen molar-refractivity contribution in [3.05, 3.63) is 32.2 Å². The van der Waals surface area contributed by atoms with E-state index in [0.29, 0.717) is 0 Å². The van der Waals surface area contributed by atoms with Crippen molar-refractivity contribution in [2.75, 3.05) is 0 Å². The van der Waals surface area contributed by atoms with Crippen LogP contribution in [0.1, 0.15) is 18.4 Å². The lowest BCUT2D eigenvalue weighted by Crippen LogP contribution is -2.08. The lowest BCUT2D eigenvalue weighted by atomic mass is 10.1. The van der Waals surface area contributed by atoms with Crippen molar-refractivity contribution in [3.8, 4) is 5.75 Å². The van der Waals surface area contributed by atoms with E-state index in [4.69, 9.17) is 0 Å². The molecule has 1 saturated carbocycles. The summed E-state index contributed by atoms with van der Waals surface area (Å²) < 4.78 is 29.5. The van der Waals surface area contributed by atoms with Gasteiger partial charge in [-0.15, -0.1) is 0 Å². The van der Waals surface area contributed by atoms with E-state index in [2.05, 4.69) is 41.6 Å². The molecular weight excluding hydrogens is 444 g/mol. The number of ether oxygens (including phenoxy) is 1. The SMILES string of the molecule is O=C(O)/C(C=NC1CC1)=C(\O)c1ccc(Br)c(OC(F)F)c1Br. The largest absolute Gasteiger partial charge is 0.506 e. The number of carboxylic acid groups (broad SMARTS) is 1. The fraction of sp³-hybridized carbons (Fsp3) is 0.286. The van der Waals surface area contributed by atoms with Gasteiger partial charge >= 0.3 is 12.6 Å². The van der Waals surface area contributed by atoms with Crippen molar-refractivity contribution in [1.82, 2.24) is 0 Å². The molecule has 1 fully saturated rings. The minimum absolute atomic E-state index is 0.00301. The van der Waals surface area contributed by atoms with Crippen molar-refractivity contribution in [2.24, 2.45) is 4.99 Å². The highest BCUT2D eigenvalue weighted by Gasteiger charge is 2.23. The van der Waals surface area contributed by atoms with Gasteiger partial charge in [0, 0.05) is 11.8 Å². The first kappa shape index (κ1) is 17.9. The van der Waals surface area contributed by atoms with E-state index in [-0.39, 0.29) is 26.3 Å². The highest BCUT2D eigenvalue weighted by molar-refractivity contribution is 9.11. The molecule has 5 nitrogen and oxygen atoms in total. The maximum atomic E-state index is 12.5. The Balaban J connectivity index is 2.49. The number of aliphatic hydroxyl groups is 1. The Morgan fingerprint density at radius 3 is 2.52 bits per heavy atom. The summed E-state index contributed by atoms with van der Waals surface area (Å²) in [5, 5.41) is 19.4. The fourth-order valence-electron chi connectivity index (χ4n) is 1.68. The summed E-state index contributed by atoms with van der Waals surface area (Å²) >= 11 is 6.11. The summed E-state index contributed by atoms with van der Waals surface area (Å²) in [6.45, 7) is -3.07. The van der Waals surface area contributed by atoms with Crippen molar-refractivity contribution in [3.63, 3.8) is 0 Å². The maximum absolute atomic E-state index is 12.5. The van der Waals surface area contributed by atoms with Gasteiger partial charge < -0.3 is 14.9 Å². The number of carboxylic acids is 1. The quantitative estimate of drug-likeness (QED) is 0.379. The van der Waals surface area contributed by atoms with Crippen LogP contribution < -0.4 is 4.74 Å². The molecule has 0 spiro atoms. The zero-order valence-corrected chi connectivity index (χ0v) is 14.6. The lowest BCUT2D eigenvalue weighted by Gasteiger charge is -2.13. The molecule has 1 aliphatic carbocycles. The van der Waals surface area contributed by atoms with Crippen molar-refractivity contribution < 1.29 is 28.5 Å². The number of hydrogen-bond donors (Lipinski definition) is 2.